The molecule has 0 radical (unpaired) electrons. The van der Waals surface area contributed by atoms with E-state index >= 15 is 0 Å². The number of urea groups is 1. The molecule has 2 atom stereocenters. The van der Waals surface area contributed by atoms with Crippen LogP contribution in [0.1, 0.15) is 26.7 Å². The molecule has 1 aromatic heterocycles. The van der Waals surface area contributed by atoms with Crippen molar-refractivity contribution < 1.29 is 19.5 Å². The fourth-order valence-corrected chi connectivity index (χ4v) is 2.87. The molecule has 2 unspecified atom stereocenters. The minimum Gasteiger partial charge on any atom is -0.481 e. The SMILES string of the molecule is CCn1nccc1N1CCCC(NC(=O)N(C)CC(C)C(=O)O)C1=O. The third-order valence-electron chi connectivity index (χ3n) is 4.32. The van der Waals surface area contributed by atoms with Crippen LogP contribution < -0.4 is 10.2 Å². The summed E-state index contributed by atoms with van der Waals surface area (Å²) in [5, 5.41) is 15.8. The van der Waals surface area contributed by atoms with Gasteiger partial charge in [0, 0.05) is 32.7 Å². The Morgan fingerprint density at radius 3 is 2.88 bits per heavy atom. The summed E-state index contributed by atoms with van der Waals surface area (Å²) < 4.78 is 1.74. The Labute approximate surface area is 146 Å². The Kier molecular flexibility index (Phi) is 6.00. The second-order valence-electron chi connectivity index (χ2n) is 6.26. The molecule has 0 bridgehead atoms. The van der Waals surface area contributed by atoms with Crippen molar-refractivity contribution in [1.29, 1.82) is 0 Å². The van der Waals surface area contributed by atoms with Crippen molar-refractivity contribution in [3.63, 3.8) is 0 Å². The van der Waals surface area contributed by atoms with E-state index in [1.165, 1.54) is 18.9 Å². The molecule has 2 heterocycles. The average molecular weight is 351 g/mol. The summed E-state index contributed by atoms with van der Waals surface area (Å²) in [6.07, 6.45) is 2.97. The highest BCUT2D eigenvalue weighted by Gasteiger charge is 2.33. The first kappa shape index (κ1) is 18.8. The van der Waals surface area contributed by atoms with Crippen LogP contribution in [0.15, 0.2) is 12.3 Å². The first-order valence-electron chi connectivity index (χ1n) is 8.42. The summed E-state index contributed by atoms with van der Waals surface area (Å²) in [7, 11) is 1.52. The second kappa shape index (κ2) is 8.00. The number of aromatic nitrogens is 2. The molecule has 1 saturated heterocycles. The highest BCUT2D eigenvalue weighted by molar-refractivity contribution is 5.99. The number of carbonyl (C=O) groups excluding carboxylic acids is 2. The number of hydrogen-bond acceptors (Lipinski definition) is 4. The normalized spacial score (nSPS) is 18.8. The first-order chi connectivity index (χ1) is 11.8. The fourth-order valence-electron chi connectivity index (χ4n) is 2.87. The van der Waals surface area contributed by atoms with Crippen molar-refractivity contribution in [1.82, 2.24) is 20.0 Å². The largest absolute Gasteiger partial charge is 0.481 e. The van der Waals surface area contributed by atoms with Crippen LogP contribution in [0.4, 0.5) is 10.6 Å². The molecule has 3 amide bonds. The van der Waals surface area contributed by atoms with Gasteiger partial charge in [-0.1, -0.05) is 6.92 Å². The van der Waals surface area contributed by atoms with Gasteiger partial charge in [0.2, 0.25) is 0 Å². The van der Waals surface area contributed by atoms with E-state index in [-0.39, 0.29) is 12.5 Å². The number of amides is 3. The minimum absolute atomic E-state index is 0.0778. The summed E-state index contributed by atoms with van der Waals surface area (Å²) in [5.41, 5.74) is 0. The molecule has 0 saturated carbocycles. The van der Waals surface area contributed by atoms with Gasteiger partial charge in [-0.25, -0.2) is 9.48 Å². The lowest BCUT2D eigenvalue weighted by Gasteiger charge is -2.33. The summed E-state index contributed by atoms with van der Waals surface area (Å²) in [4.78, 5) is 38.8. The number of nitrogens with one attached hydrogen (secondary N) is 1. The third-order valence-corrected chi connectivity index (χ3v) is 4.32. The fraction of sp³-hybridized carbons (Fsp3) is 0.625. The Hall–Kier alpha value is -2.58. The lowest BCUT2D eigenvalue weighted by Crippen LogP contribution is -2.55. The topological polar surface area (TPSA) is 108 Å². The van der Waals surface area contributed by atoms with E-state index in [1.807, 2.05) is 6.92 Å². The molecule has 9 heteroatoms. The summed E-state index contributed by atoms with van der Waals surface area (Å²) in [6, 6.07) is 0.716. The monoisotopic (exact) mass is 351 g/mol. The molecule has 9 nitrogen and oxygen atoms in total. The number of nitrogens with zero attached hydrogens (tertiary/aromatic N) is 4. The highest BCUT2D eigenvalue weighted by atomic mass is 16.4. The first-order valence-corrected chi connectivity index (χ1v) is 8.42. The van der Waals surface area contributed by atoms with Gasteiger partial charge in [-0.3, -0.25) is 14.5 Å². The molecular formula is C16H25N5O4. The number of carbonyl (C=O) groups is 3. The zero-order chi connectivity index (χ0) is 18.6. The van der Waals surface area contributed by atoms with Crippen molar-refractivity contribution in [2.45, 2.75) is 39.3 Å². The van der Waals surface area contributed by atoms with Crippen molar-refractivity contribution in [2.24, 2.45) is 5.92 Å². The summed E-state index contributed by atoms with van der Waals surface area (Å²) in [5.74, 6) is -1.09. The molecule has 2 N–H and O–H groups in total. The van der Waals surface area contributed by atoms with Gasteiger partial charge in [0.05, 0.1) is 12.1 Å². The van der Waals surface area contributed by atoms with Crippen LogP contribution in [0, 0.1) is 5.92 Å². The van der Waals surface area contributed by atoms with Crippen LogP contribution in [-0.2, 0) is 16.1 Å². The molecule has 1 aliphatic heterocycles. The highest BCUT2D eigenvalue weighted by Crippen LogP contribution is 2.21. The van der Waals surface area contributed by atoms with Crippen LogP contribution in [0.5, 0.6) is 0 Å². The van der Waals surface area contributed by atoms with E-state index in [1.54, 1.807) is 21.8 Å². The predicted molar refractivity (Wildman–Crippen MR) is 91.2 cm³/mol. The molecule has 0 aromatic carbocycles. The van der Waals surface area contributed by atoms with E-state index in [9.17, 15) is 14.4 Å². The molecule has 2 rings (SSSR count). The van der Waals surface area contributed by atoms with Crippen molar-refractivity contribution in [2.75, 3.05) is 25.0 Å². The maximum absolute atomic E-state index is 12.7. The van der Waals surface area contributed by atoms with Crippen molar-refractivity contribution in [3.05, 3.63) is 12.3 Å². The zero-order valence-electron chi connectivity index (χ0n) is 14.8. The smallest absolute Gasteiger partial charge is 0.317 e. The van der Waals surface area contributed by atoms with Gasteiger partial charge in [-0.05, 0) is 19.8 Å². The van der Waals surface area contributed by atoms with Gasteiger partial charge in [0.15, 0.2) is 0 Å². The van der Waals surface area contributed by atoms with E-state index < -0.39 is 24.0 Å². The number of anilines is 1. The maximum Gasteiger partial charge on any atom is 0.317 e. The number of carboxylic acids is 1. The summed E-state index contributed by atoms with van der Waals surface area (Å²) in [6.45, 7) is 4.80. The molecule has 1 aromatic rings. The van der Waals surface area contributed by atoms with Crippen LogP contribution in [0.25, 0.3) is 0 Å². The van der Waals surface area contributed by atoms with Gasteiger partial charge in [-0.2, -0.15) is 5.10 Å². The van der Waals surface area contributed by atoms with Gasteiger partial charge in [0.1, 0.15) is 11.9 Å². The molecule has 25 heavy (non-hydrogen) atoms. The van der Waals surface area contributed by atoms with Gasteiger partial charge in [-0.15, -0.1) is 0 Å². The predicted octanol–water partition coefficient (Wildman–Crippen LogP) is 0.761. The van der Waals surface area contributed by atoms with E-state index in [0.29, 0.717) is 19.5 Å². The number of rotatable bonds is 6. The number of carboxylic acid groups (broad SMARTS) is 1. The molecule has 1 fully saturated rings. The molecule has 0 aliphatic carbocycles. The minimum atomic E-state index is -0.965. The summed E-state index contributed by atoms with van der Waals surface area (Å²) >= 11 is 0. The van der Waals surface area contributed by atoms with Crippen molar-refractivity contribution >= 4 is 23.7 Å². The second-order valence-corrected chi connectivity index (χ2v) is 6.26. The van der Waals surface area contributed by atoms with Crippen LogP contribution in [0.3, 0.4) is 0 Å². The molecule has 1 aliphatic rings. The number of aryl methyl sites for hydroxylation is 1. The van der Waals surface area contributed by atoms with Crippen LogP contribution in [-0.4, -0.2) is 63.9 Å². The lowest BCUT2D eigenvalue weighted by atomic mass is 10.0. The van der Waals surface area contributed by atoms with Crippen LogP contribution >= 0.6 is 0 Å². The third kappa shape index (κ3) is 4.28. The number of piperidine rings is 1. The average Bonchev–Trinajstić information content (AvgIpc) is 3.04. The molecule has 138 valence electrons. The number of aliphatic carboxylic acids is 1. The Bertz CT molecular complexity index is 644. The standard InChI is InChI=1S/C16H25N5O4/c1-4-21-13(7-8-17-21)20-9-5-6-12(14(20)22)18-16(25)19(3)10-11(2)15(23)24/h7-8,11-12H,4-6,9-10H2,1-3H3,(H,18,25)(H,23,24). The number of hydrogen-bond donors (Lipinski definition) is 2. The Balaban J connectivity index is 2.01. The van der Waals surface area contributed by atoms with E-state index in [2.05, 4.69) is 10.4 Å². The maximum atomic E-state index is 12.7. The molecular weight excluding hydrogens is 326 g/mol. The zero-order valence-corrected chi connectivity index (χ0v) is 14.8. The Morgan fingerprint density at radius 1 is 1.52 bits per heavy atom. The van der Waals surface area contributed by atoms with Gasteiger partial charge >= 0.3 is 12.0 Å². The van der Waals surface area contributed by atoms with Gasteiger partial charge in [0.25, 0.3) is 5.91 Å². The quantitative estimate of drug-likeness (QED) is 0.787. The molecule has 0 spiro atoms. The van der Waals surface area contributed by atoms with E-state index in [4.69, 9.17) is 5.11 Å². The van der Waals surface area contributed by atoms with Crippen molar-refractivity contribution in [3.8, 4) is 0 Å². The van der Waals surface area contributed by atoms with E-state index in [0.717, 1.165) is 12.2 Å². The van der Waals surface area contributed by atoms with Gasteiger partial charge < -0.3 is 15.3 Å². The lowest BCUT2D eigenvalue weighted by molar-refractivity contribution is -0.141. The Morgan fingerprint density at radius 2 is 2.24 bits per heavy atom. The van der Waals surface area contributed by atoms with Crippen LogP contribution in [0.2, 0.25) is 0 Å².